The van der Waals surface area contributed by atoms with Crippen LogP contribution in [0, 0.1) is 9.39 Å². The second-order valence-electron chi connectivity index (χ2n) is 2.85. The Balaban J connectivity index is 2.62. The van der Waals surface area contributed by atoms with Crippen LogP contribution in [0.3, 0.4) is 0 Å². The third-order valence-corrected chi connectivity index (χ3v) is 2.87. The van der Waals surface area contributed by atoms with Gasteiger partial charge in [-0.3, -0.25) is 0 Å². The van der Waals surface area contributed by atoms with Gasteiger partial charge in [0.05, 0.1) is 6.61 Å². The first kappa shape index (κ1) is 11.9. The second-order valence-corrected chi connectivity index (χ2v) is 4.01. The van der Waals surface area contributed by atoms with Gasteiger partial charge in [0, 0.05) is 10.7 Å². The van der Waals surface area contributed by atoms with E-state index in [0.29, 0.717) is 6.61 Å². The molecule has 0 unspecified atom stereocenters. The lowest BCUT2D eigenvalue weighted by Crippen LogP contribution is -2.16. The van der Waals surface area contributed by atoms with Crippen molar-refractivity contribution in [2.45, 2.75) is 13.4 Å². The second kappa shape index (κ2) is 5.67. The molecule has 2 nitrogen and oxygen atoms in total. The summed E-state index contributed by atoms with van der Waals surface area (Å²) in [5.41, 5.74) is 0.842. The maximum atomic E-state index is 12.9. The van der Waals surface area contributed by atoms with Crippen molar-refractivity contribution in [2.75, 3.05) is 7.11 Å². The molecule has 0 fully saturated rings. The largest absolute Gasteiger partial charge is 0.453 e. The summed E-state index contributed by atoms with van der Waals surface area (Å²) in [6.45, 7) is 2.16. The van der Waals surface area contributed by atoms with Crippen molar-refractivity contribution in [2.24, 2.45) is 0 Å². The van der Waals surface area contributed by atoms with E-state index in [1.807, 2.05) is 0 Å². The molecule has 0 heterocycles. The van der Waals surface area contributed by atoms with E-state index in [-0.39, 0.29) is 12.9 Å². The van der Waals surface area contributed by atoms with E-state index in [4.69, 9.17) is 9.31 Å². The van der Waals surface area contributed by atoms with E-state index in [9.17, 15) is 4.39 Å². The summed E-state index contributed by atoms with van der Waals surface area (Å²) in [5, 5.41) is 0. The Hall–Kier alpha value is -0.135. The lowest BCUT2D eigenvalue weighted by atomic mass is 9.95. The summed E-state index contributed by atoms with van der Waals surface area (Å²) in [4.78, 5) is 0. The highest BCUT2D eigenvalue weighted by molar-refractivity contribution is 14.1. The van der Waals surface area contributed by atoms with Crippen molar-refractivity contribution in [1.29, 1.82) is 0 Å². The number of hydrogen-bond donors (Lipinski definition) is 0. The van der Waals surface area contributed by atoms with Crippen LogP contribution in [0.5, 0.6) is 0 Å². The highest BCUT2D eigenvalue weighted by atomic mass is 127. The van der Waals surface area contributed by atoms with Crippen LogP contribution in [0.4, 0.5) is 4.39 Å². The fourth-order valence-electron chi connectivity index (χ4n) is 0.929. The first-order chi connectivity index (χ1) is 6.63. The van der Waals surface area contributed by atoms with Gasteiger partial charge in [-0.1, -0.05) is 0 Å². The van der Waals surface area contributed by atoms with Crippen molar-refractivity contribution in [1.82, 2.24) is 0 Å². The van der Waals surface area contributed by atoms with Gasteiger partial charge in [-0.05, 0) is 53.2 Å². The quantitative estimate of drug-likeness (QED) is 0.629. The summed E-state index contributed by atoms with van der Waals surface area (Å²) < 4.78 is 24.1. The molecular weight excluding hydrogens is 297 g/mol. The monoisotopic (exact) mass is 308 g/mol. The maximum Gasteiger partial charge on any atom is 0.453 e. The summed E-state index contributed by atoms with van der Waals surface area (Å²) in [6, 6.07) is 4.64. The molecule has 1 rings (SSSR count). The first-order valence-electron chi connectivity index (χ1n) is 4.22. The van der Waals surface area contributed by atoms with Crippen LogP contribution in [0.25, 0.3) is 0 Å². The van der Waals surface area contributed by atoms with Gasteiger partial charge in [-0.15, -0.1) is 0 Å². The van der Waals surface area contributed by atoms with Gasteiger partial charge >= 0.3 is 7.12 Å². The molecule has 14 heavy (non-hydrogen) atoms. The van der Waals surface area contributed by atoms with Crippen LogP contribution in [0.15, 0.2) is 18.2 Å². The van der Waals surface area contributed by atoms with Gasteiger partial charge in [-0.2, -0.15) is 0 Å². The number of hydrogen-bond acceptors (Lipinski definition) is 2. The molecule has 0 aromatic heterocycles. The third-order valence-electron chi connectivity index (χ3n) is 1.81. The third kappa shape index (κ3) is 3.55. The molecule has 5 heteroatoms. The molecule has 0 bridgehead atoms. The zero-order chi connectivity index (χ0) is 10.6. The van der Waals surface area contributed by atoms with Crippen molar-refractivity contribution < 1.29 is 13.7 Å². The van der Waals surface area contributed by atoms with E-state index >= 15 is 0 Å². The molecule has 0 N–H and O–H groups in total. The van der Waals surface area contributed by atoms with Crippen LogP contribution < -0.4 is 0 Å². The van der Waals surface area contributed by atoms with E-state index in [1.165, 1.54) is 12.1 Å². The van der Waals surface area contributed by atoms with Gasteiger partial charge in [0.25, 0.3) is 0 Å². The van der Waals surface area contributed by atoms with Crippen molar-refractivity contribution in [3.05, 3.63) is 33.1 Å². The minimum absolute atomic E-state index is 0.242. The number of halogens is 2. The molecule has 0 saturated heterocycles. The van der Waals surface area contributed by atoms with E-state index in [1.54, 1.807) is 20.0 Å². The van der Waals surface area contributed by atoms with Crippen molar-refractivity contribution in [3.63, 3.8) is 0 Å². The summed E-state index contributed by atoms with van der Waals surface area (Å²) in [7, 11) is 1.30. The smallest absolute Gasteiger partial charge is 0.414 e. The highest BCUT2D eigenvalue weighted by Crippen LogP contribution is 2.15. The number of benzene rings is 1. The molecule has 0 atom stereocenters. The normalized spacial score (nSPS) is 10.3. The average Bonchev–Trinajstić information content (AvgIpc) is 2.19. The molecule has 0 radical (unpaired) electrons. The lowest BCUT2D eigenvalue weighted by Gasteiger charge is -2.08. The van der Waals surface area contributed by atoms with Gasteiger partial charge in [0.15, 0.2) is 0 Å². The van der Waals surface area contributed by atoms with Crippen LogP contribution in [0.2, 0.25) is 6.82 Å². The number of rotatable bonds is 4. The molecule has 0 aliphatic heterocycles. The zero-order valence-corrected chi connectivity index (χ0v) is 10.2. The van der Waals surface area contributed by atoms with Crippen LogP contribution >= 0.6 is 22.6 Å². The predicted molar refractivity (Wildman–Crippen MR) is 62.5 cm³/mol. The van der Waals surface area contributed by atoms with Gasteiger partial charge in [0.2, 0.25) is 0 Å². The minimum atomic E-state index is -0.269. The van der Waals surface area contributed by atoms with Gasteiger partial charge in [-0.25, -0.2) is 4.39 Å². The Morgan fingerprint density at radius 2 is 2.21 bits per heavy atom. The Morgan fingerprint density at radius 3 is 2.86 bits per heavy atom. The van der Waals surface area contributed by atoms with Crippen molar-refractivity contribution in [3.8, 4) is 0 Å². The van der Waals surface area contributed by atoms with Crippen LogP contribution in [-0.4, -0.2) is 14.2 Å². The summed E-state index contributed by atoms with van der Waals surface area (Å²) in [5.74, 6) is -0.242. The molecular formula is C9H11BFIO2. The topological polar surface area (TPSA) is 18.5 Å². The Kier molecular flexibility index (Phi) is 4.84. The first-order valence-corrected chi connectivity index (χ1v) is 5.29. The Morgan fingerprint density at radius 1 is 1.50 bits per heavy atom. The summed E-state index contributed by atoms with van der Waals surface area (Å²) in [6.07, 6.45) is 0. The van der Waals surface area contributed by atoms with Crippen molar-refractivity contribution >= 4 is 29.7 Å². The molecule has 0 amide bonds. The van der Waals surface area contributed by atoms with E-state index in [0.717, 1.165) is 9.13 Å². The fourth-order valence-corrected chi connectivity index (χ4v) is 1.42. The molecule has 0 spiro atoms. The zero-order valence-electron chi connectivity index (χ0n) is 8.09. The standard InChI is InChI=1S/C9H11BFIO2/c1-10(13-2)14-6-7-5-8(11)3-4-9(7)12/h3-5H,6H2,1-2H3. The molecule has 76 valence electrons. The molecule has 0 aliphatic rings. The lowest BCUT2D eigenvalue weighted by molar-refractivity contribution is 0.225. The Labute approximate surface area is 97.1 Å². The molecule has 1 aromatic carbocycles. The highest BCUT2D eigenvalue weighted by Gasteiger charge is 2.09. The fraction of sp³-hybridized carbons (Fsp3) is 0.333. The summed E-state index contributed by atoms with van der Waals surface area (Å²) >= 11 is 2.15. The molecule has 1 aromatic rings. The predicted octanol–water partition coefficient (Wildman–Crippen LogP) is 2.71. The molecule has 0 saturated carbocycles. The minimum Gasteiger partial charge on any atom is -0.414 e. The maximum absolute atomic E-state index is 12.9. The van der Waals surface area contributed by atoms with Gasteiger partial charge < -0.3 is 9.31 Å². The molecule has 0 aliphatic carbocycles. The average molecular weight is 308 g/mol. The van der Waals surface area contributed by atoms with E-state index < -0.39 is 0 Å². The van der Waals surface area contributed by atoms with Gasteiger partial charge in [0.1, 0.15) is 5.82 Å². The SMILES string of the molecule is COB(C)OCc1cc(F)ccc1I. The van der Waals surface area contributed by atoms with Crippen LogP contribution in [-0.2, 0) is 15.9 Å². The van der Waals surface area contributed by atoms with Crippen LogP contribution in [0.1, 0.15) is 5.56 Å². The van der Waals surface area contributed by atoms with E-state index in [2.05, 4.69) is 22.6 Å². The Bertz CT molecular complexity index is 309.